The first-order chi connectivity index (χ1) is 10.8. The highest BCUT2D eigenvalue weighted by Crippen LogP contribution is 2.43. The third kappa shape index (κ3) is 3.67. The fourth-order valence-electron chi connectivity index (χ4n) is 2.95. The first kappa shape index (κ1) is 14.6. The van der Waals surface area contributed by atoms with E-state index in [1.54, 1.807) is 6.07 Å². The van der Waals surface area contributed by atoms with Gasteiger partial charge in [0.25, 0.3) is 0 Å². The van der Waals surface area contributed by atoms with Crippen molar-refractivity contribution >= 4 is 6.03 Å². The maximum absolute atomic E-state index is 11.9. The second-order valence-corrected chi connectivity index (χ2v) is 6.04. The van der Waals surface area contributed by atoms with Crippen molar-refractivity contribution in [2.24, 2.45) is 5.41 Å². The Morgan fingerprint density at radius 2 is 2.00 bits per heavy atom. The fourth-order valence-corrected chi connectivity index (χ4v) is 2.95. The van der Waals surface area contributed by atoms with Crippen molar-refractivity contribution in [1.29, 1.82) is 0 Å². The second-order valence-electron chi connectivity index (χ2n) is 6.04. The Morgan fingerprint density at radius 1 is 1.18 bits per heavy atom. The van der Waals surface area contributed by atoms with E-state index < -0.39 is 0 Å². The molecule has 1 aliphatic rings. The van der Waals surface area contributed by atoms with E-state index in [-0.39, 0.29) is 11.4 Å². The van der Waals surface area contributed by atoms with Crippen LogP contribution in [0.3, 0.4) is 0 Å². The number of aromatic nitrogens is 1. The van der Waals surface area contributed by atoms with Crippen molar-refractivity contribution in [2.75, 3.05) is 6.54 Å². The molecule has 0 atom stereocenters. The zero-order valence-corrected chi connectivity index (χ0v) is 12.5. The number of rotatable bonds is 6. The summed E-state index contributed by atoms with van der Waals surface area (Å²) in [6, 6.07) is 12.1. The van der Waals surface area contributed by atoms with E-state index in [2.05, 4.69) is 40.1 Å². The summed E-state index contributed by atoms with van der Waals surface area (Å²) in [5, 5.41) is 9.56. The van der Waals surface area contributed by atoms with Gasteiger partial charge >= 0.3 is 6.03 Å². The highest BCUT2D eigenvalue weighted by molar-refractivity contribution is 5.73. The zero-order chi connectivity index (χ0) is 15.3. The maximum Gasteiger partial charge on any atom is 0.315 e. The molecule has 0 saturated heterocycles. The van der Waals surface area contributed by atoms with Gasteiger partial charge in [0.15, 0.2) is 0 Å². The van der Waals surface area contributed by atoms with Crippen LogP contribution in [-0.4, -0.2) is 17.7 Å². The summed E-state index contributed by atoms with van der Waals surface area (Å²) in [7, 11) is 0. The van der Waals surface area contributed by atoms with Crippen LogP contribution in [0.2, 0.25) is 0 Å². The van der Waals surface area contributed by atoms with Crippen LogP contribution in [0.4, 0.5) is 4.79 Å². The molecule has 22 heavy (non-hydrogen) atoms. The maximum atomic E-state index is 11.9. The number of urea groups is 1. The van der Waals surface area contributed by atoms with E-state index in [0.29, 0.717) is 13.1 Å². The molecule has 1 fully saturated rings. The van der Waals surface area contributed by atoms with Crippen molar-refractivity contribution in [3.8, 4) is 0 Å². The van der Waals surface area contributed by atoms with Gasteiger partial charge in [-0.15, -0.1) is 0 Å². The van der Waals surface area contributed by atoms with E-state index in [4.69, 9.17) is 4.52 Å². The van der Waals surface area contributed by atoms with Crippen LogP contribution in [0, 0.1) is 5.41 Å². The lowest BCUT2D eigenvalue weighted by molar-refractivity contribution is 0.131. The molecule has 2 amide bonds. The van der Waals surface area contributed by atoms with Crippen molar-refractivity contribution in [3.63, 3.8) is 0 Å². The highest BCUT2D eigenvalue weighted by atomic mass is 16.5. The lowest BCUT2D eigenvalue weighted by Crippen LogP contribution is -2.46. The Morgan fingerprint density at radius 3 is 2.64 bits per heavy atom. The van der Waals surface area contributed by atoms with Crippen LogP contribution in [0.5, 0.6) is 0 Å². The molecule has 1 saturated carbocycles. The van der Waals surface area contributed by atoms with Gasteiger partial charge in [-0.05, 0) is 30.2 Å². The van der Waals surface area contributed by atoms with Gasteiger partial charge in [0, 0.05) is 12.6 Å². The summed E-state index contributed by atoms with van der Waals surface area (Å²) in [6.45, 7) is 1.10. The van der Waals surface area contributed by atoms with Crippen molar-refractivity contribution in [3.05, 3.63) is 53.9 Å². The summed E-state index contributed by atoms with van der Waals surface area (Å²) in [5.74, 6) is 0. The van der Waals surface area contributed by atoms with E-state index >= 15 is 0 Å². The molecular formula is C17H21N3O2. The van der Waals surface area contributed by atoms with Gasteiger partial charge in [-0.1, -0.05) is 41.9 Å². The van der Waals surface area contributed by atoms with Crippen LogP contribution in [0.15, 0.2) is 47.2 Å². The molecule has 0 radical (unpaired) electrons. The van der Waals surface area contributed by atoms with Gasteiger partial charge in [-0.2, -0.15) is 0 Å². The average Bonchev–Trinajstić information content (AvgIpc) is 3.02. The third-order valence-corrected chi connectivity index (χ3v) is 4.38. The number of carbonyl (C=O) groups is 1. The Bertz CT molecular complexity index is 592. The van der Waals surface area contributed by atoms with Gasteiger partial charge in [0.2, 0.25) is 0 Å². The smallest absolute Gasteiger partial charge is 0.315 e. The van der Waals surface area contributed by atoms with E-state index in [1.807, 2.05) is 6.07 Å². The first-order valence-corrected chi connectivity index (χ1v) is 7.71. The molecule has 1 heterocycles. The van der Waals surface area contributed by atoms with Gasteiger partial charge in [-0.3, -0.25) is 0 Å². The summed E-state index contributed by atoms with van der Waals surface area (Å²) in [6.07, 6.45) is 6.11. The zero-order valence-electron chi connectivity index (χ0n) is 12.5. The summed E-state index contributed by atoms with van der Waals surface area (Å²) in [5.41, 5.74) is 2.27. The molecule has 1 aromatic heterocycles. The molecule has 0 bridgehead atoms. The van der Waals surface area contributed by atoms with Crippen LogP contribution in [0.25, 0.3) is 0 Å². The number of amides is 2. The molecule has 2 N–H and O–H groups in total. The molecule has 5 heteroatoms. The topological polar surface area (TPSA) is 67.2 Å². The Hall–Kier alpha value is -2.30. The minimum atomic E-state index is -0.151. The molecule has 0 unspecified atom stereocenters. The number of benzene rings is 1. The van der Waals surface area contributed by atoms with Crippen molar-refractivity contribution in [1.82, 2.24) is 15.8 Å². The average molecular weight is 299 g/mol. The quantitative estimate of drug-likeness (QED) is 0.862. The van der Waals surface area contributed by atoms with E-state index in [9.17, 15) is 4.79 Å². The number of nitrogens with zero attached hydrogens (tertiary/aromatic N) is 1. The molecule has 116 valence electrons. The minimum Gasteiger partial charge on any atom is -0.364 e. The Kier molecular flexibility index (Phi) is 4.42. The van der Waals surface area contributed by atoms with Crippen LogP contribution in [0.1, 0.15) is 30.5 Å². The molecule has 5 nitrogen and oxygen atoms in total. The van der Waals surface area contributed by atoms with Crippen LogP contribution < -0.4 is 10.6 Å². The van der Waals surface area contributed by atoms with E-state index in [0.717, 1.165) is 12.1 Å². The molecule has 0 spiro atoms. The Labute approximate surface area is 130 Å². The molecule has 2 aromatic rings. The minimum absolute atomic E-state index is 0.151. The standard InChI is InChI=1S/C17H21N3O2/c21-16(18-12-15-7-10-22-20-15)19-13-17(8-4-9-17)11-14-5-2-1-3-6-14/h1-3,5-7,10H,4,8-9,11-13H2,(H2,18,19,21). The lowest BCUT2D eigenvalue weighted by Gasteiger charge is -2.42. The first-order valence-electron chi connectivity index (χ1n) is 7.71. The third-order valence-electron chi connectivity index (χ3n) is 4.38. The predicted octanol–water partition coefficient (Wildman–Crippen LogP) is 2.89. The van der Waals surface area contributed by atoms with Crippen LogP contribution >= 0.6 is 0 Å². The number of hydrogen-bond acceptors (Lipinski definition) is 3. The summed E-state index contributed by atoms with van der Waals surface area (Å²) >= 11 is 0. The largest absolute Gasteiger partial charge is 0.364 e. The summed E-state index contributed by atoms with van der Waals surface area (Å²) in [4.78, 5) is 11.9. The van der Waals surface area contributed by atoms with Gasteiger partial charge < -0.3 is 15.2 Å². The van der Waals surface area contributed by atoms with E-state index in [1.165, 1.54) is 31.1 Å². The fraction of sp³-hybridized carbons (Fsp3) is 0.412. The summed E-state index contributed by atoms with van der Waals surface area (Å²) < 4.78 is 4.73. The Balaban J connectivity index is 1.47. The van der Waals surface area contributed by atoms with Gasteiger partial charge in [0.05, 0.1) is 6.54 Å². The molecule has 3 rings (SSSR count). The van der Waals surface area contributed by atoms with Gasteiger partial charge in [-0.25, -0.2) is 4.79 Å². The number of hydrogen-bond donors (Lipinski definition) is 2. The molecule has 1 aliphatic carbocycles. The SMILES string of the molecule is O=C(NCc1ccon1)NCC1(Cc2ccccc2)CCC1. The van der Waals surface area contributed by atoms with Gasteiger partial charge in [0.1, 0.15) is 12.0 Å². The normalized spacial score (nSPS) is 15.8. The second kappa shape index (κ2) is 6.64. The number of nitrogens with one attached hydrogen (secondary N) is 2. The molecule has 1 aromatic carbocycles. The molecule has 0 aliphatic heterocycles. The highest BCUT2D eigenvalue weighted by Gasteiger charge is 2.37. The monoisotopic (exact) mass is 299 g/mol. The van der Waals surface area contributed by atoms with Crippen LogP contribution in [-0.2, 0) is 13.0 Å². The van der Waals surface area contributed by atoms with Crippen molar-refractivity contribution in [2.45, 2.75) is 32.2 Å². The predicted molar refractivity (Wildman–Crippen MR) is 83.2 cm³/mol. The lowest BCUT2D eigenvalue weighted by atomic mass is 9.65. The molecular weight excluding hydrogens is 278 g/mol. The number of carbonyl (C=O) groups excluding carboxylic acids is 1. The van der Waals surface area contributed by atoms with Crippen molar-refractivity contribution < 1.29 is 9.32 Å².